The second kappa shape index (κ2) is 5.75. The maximum atomic E-state index is 5.38. The average molecular weight is 275 g/mol. The van der Waals surface area contributed by atoms with E-state index in [4.69, 9.17) is 4.52 Å². The molecule has 0 bridgehead atoms. The third-order valence-corrected chi connectivity index (χ3v) is 4.22. The molecule has 0 spiro atoms. The number of hydrogen-bond acceptors (Lipinski definition) is 5. The summed E-state index contributed by atoms with van der Waals surface area (Å²) in [6.45, 7) is 0. The second-order valence-corrected chi connectivity index (χ2v) is 5.52. The fourth-order valence-corrected chi connectivity index (χ4v) is 3.06. The van der Waals surface area contributed by atoms with Gasteiger partial charge in [-0.3, -0.25) is 0 Å². The molecule has 108 valence electrons. The molecule has 6 nitrogen and oxygen atoms in total. The number of aromatic nitrogens is 4. The highest BCUT2D eigenvalue weighted by atomic mass is 16.5. The number of imidazole rings is 1. The lowest BCUT2D eigenvalue weighted by Gasteiger charge is -2.20. The molecule has 1 aliphatic carbocycles. The fraction of sp³-hybridized carbons (Fsp3) is 0.643. The van der Waals surface area contributed by atoms with Crippen LogP contribution < -0.4 is 5.32 Å². The number of nitrogens with zero attached hydrogens (tertiary/aromatic N) is 4. The van der Waals surface area contributed by atoms with E-state index in [2.05, 4.69) is 20.4 Å². The van der Waals surface area contributed by atoms with E-state index in [1.807, 2.05) is 24.9 Å². The second-order valence-electron chi connectivity index (χ2n) is 5.52. The average Bonchev–Trinajstić information content (AvgIpc) is 3.16. The number of rotatable bonds is 5. The van der Waals surface area contributed by atoms with E-state index in [0.29, 0.717) is 17.8 Å². The lowest BCUT2D eigenvalue weighted by Crippen LogP contribution is -2.34. The zero-order valence-corrected chi connectivity index (χ0v) is 12.0. The quantitative estimate of drug-likeness (QED) is 0.901. The van der Waals surface area contributed by atoms with Gasteiger partial charge >= 0.3 is 0 Å². The van der Waals surface area contributed by atoms with Gasteiger partial charge in [0.15, 0.2) is 5.82 Å². The molecule has 2 aromatic heterocycles. The Morgan fingerprint density at radius 3 is 2.90 bits per heavy atom. The van der Waals surface area contributed by atoms with E-state index < -0.39 is 0 Å². The molecule has 1 atom stereocenters. The minimum Gasteiger partial charge on any atom is -0.339 e. The van der Waals surface area contributed by atoms with E-state index in [9.17, 15) is 0 Å². The molecule has 0 radical (unpaired) electrons. The molecule has 1 N–H and O–H groups in total. The van der Waals surface area contributed by atoms with Crippen LogP contribution in [0.5, 0.6) is 0 Å². The lowest BCUT2D eigenvalue weighted by molar-refractivity contribution is 0.318. The van der Waals surface area contributed by atoms with Crippen molar-refractivity contribution in [2.75, 3.05) is 7.05 Å². The van der Waals surface area contributed by atoms with Crippen LogP contribution in [0.3, 0.4) is 0 Å². The van der Waals surface area contributed by atoms with Gasteiger partial charge < -0.3 is 14.4 Å². The third kappa shape index (κ3) is 2.60. The van der Waals surface area contributed by atoms with Crippen molar-refractivity contribution < 1.29 is 4.52 Å². The topological polar surface area (TPSA) is 68.8 Å². The molecule has 3 rings (SSSR count). The van der Waals surface area contributed by atoms with Crippen LogP contribution >= 0.6 is 0 Å². The van der Waals surface area contributed by atoms with Crippen molar-refractivity contribution in [3.05, 3.63) is 18.3 Å². The molecule has 2 heterocycles. The summed E-state index contributed by atoms with van der Waals surface area (Å²) >= 11 is 0. The minimum atomic E-state index is 0.423. The van der Waals surface area contributed by atoms with Gasteiger partial charge in [0.05, 0.1) is 0 Å². The van der Waals surface area contributed by atoms with E-state index in [1.54, 1.807) is 6.20 Å². The Bertz CT molecular complexity index is 555. The van der Waals surface area contributed by atoms with E-state index in [0.717, 1.165) is 18.2 Å². The number of likely N-dealkylation sites (N-methyl/N-ethyl adjacent to an activating group) is 1. The Morgan fingerprint density at radius 2 is 2.25 bits per heavy atom. The van der Waals surface area contributed by atoms with Crippen LogP contribution in [0, 0.1) is 5.92 Å². The molecular weight excluding hydrogens is 254 g/mol. The molecule has 0 amide bonds. The summed E-state index contributed by atoms with van der Waals surface area (Å²) in [5.74, 6) is 2.72. The van der Waals surface area contributed by atoms with Gasteiger partial charge in [0.2, 0.25) is 11.7 Å². The van der Waals surface area contributed by atoms with Crippen molar-refractivity contribution >= 4 is 0 Å². The first kappa shape index (κ1) is 13.3. The zero-order chi connectivity index (χ0) is 13.9. The lowest BCUT2D eigenvalue weighted by atomic mass is 9.95. The van der Waals surface area contributed by atoms with Crippen LogP contribution in [-0.4, -0.2) is 32.8 Å². The van der Waals surface area contributed by atoms with E-state index in [1.165, 1.54) is 25.7 Å². The summed E-state index contributed by atoms with van der Waals surface area (Å²) in [4.78, 5) is 8.71. The minimum absolute atomic E-state index is 0.423. The molecule has 1 unspecified atom stereocenters. The van der Waals surface area contributed by atoms with Gasteiger partial charge in [-0.15, -0.1) is 0 Å². The van der Waals surface area contributed by atoms with Gasteiger partial charge in [-0.2, -0.15) is 4.98 Å². The SMILES string of the molecule is CNC(Cc1nc(-c2nccn2C)no1)C1CCCC1. The molecule has 6 heteroatoms. The summed E-state index contributed by atoms with van der Waals surface area (Å²) in [7, 11) is 3.94. The number of hydrogen-bond donors (Lipinski definition) is 1. The van der Waals surface area contributed by atoms with Crippen LogP contribution in [0.1, 0.15) is 31.6 Å². The van der Waals surface area contributed by atoms with Crippen LogP contribution in [0.25, 0.3) is 11.6 Å². The van der Waals surface area contributed by atoms with Crippen molar-refractivity contribution in [3.8, 4) is 11.6 Å². The van der Waals surface area contributed by atoms with Gasteiger partial charge in [0.1, 0.15) is 0 Å². The molecule has 20 heavy (non-hydrogen) atoms. The molecular formula is C14H21N5O. The Labute approximate surface area is 118 Å². The summed E-state index contributed by atoms with van der Waals surface area (Å²) in [6.07, 6.45) is 9.67. The molecule has 2 aromatic rings. The largest absolute Gasteiger partial charge is 0.339 e. The van der Waals surface area contributed by atoms with Gasteiger partial charge in [-0.1, -0.05) is 18.0 Å². The maximum absolute atomic E-state index is 5.38. The highest BCUT2D eigenvalue weighted by molar-refractivity contribution is 5.42. The fourth-order valence-electron chi connectivity index (χ4n) is 3.06. The van der Waals surface area contributed by atoms with Crippen molar-refractivity contribution in [1.29, 1.82) is 0 Å². The first-order chi connectivity index (χ1) is 9.78. The first-order valence-electron chi connectivity index (χ1n) is 7.25. The summed E-state index contributed by atoms with van der Waals surface area (Å²) < 4.78 is 7.27. The molecule has 1 saturated carbocycles. The summed E-state index contributed by atoms with van der Waals surface area (Å²) in [5.41, 5.74) is 0. The zero-order valence-electron chi connectivity index (χ0n) is 12.0. The molecule has 0 aliphatic heterocycles. The number of aryl methyl sites for hydroxylation is 1. The van der Waals surface area contributed by atoms with Crippen LogP contribution in [-0.2, 0) is 13.5 Å². The van der Waals surface area contributed by atoms with Crippen molar-refractivity contribution in [3.63, 3.8) is 0 Å². The predicted molar refractivity (Wildman–Crippen MR) is 75.0 cm³/mol. The first-order valence-corrected chi connectivity index (χ1v) is 7.25. The van der Waals surface area contributed by atoms with Gasteiger partial charge in [0, 0.05) is 31.9 Å². The highest BCUT2D eigenvalue weighted by Crippen LogP contribution is 2.29. The predicted octanol–water partition coefficient (Wildman–Crippen LogP) is 1.79. The smallest absolute Gasteiger partial charge is 0.238 e. The van der Waals surface area contributed by atoms with E-state index >= 15 is 0 Å². The maximum Gasteiger partial charge on any atom is 0.238 e. The van der Waals surface area contributed by atoms with Crippen LogP contribution in [0.4, 0.5) is 0 Å². The van der Waals surface area contributed by atoms with Crippen molar-refractivity contribution in [2.45, 2.75) is 38.1 Å². The van der Waals surface area contributed by atoms with E-state index in [-0.39, 0.29) is 0 Å². The Morgan fingerprint density at radius 1 is 1.45 bits per heavy atom. The summed E-state index contributed by atoms with van der Waals surface area (Å²) in [6, 6.07) is 0.423. The van der Waals surface area contributed by atoms with Crippen LogP contribution in [0.2, 0.25) is 0 Å². The Balaban J connectivity index is 1.71. The van der Waals surface area contributed by atoms with Gasteiger partial charge in [0.25, 0.3) is 0 Å². The highest BCUT2D eigenvalue weighted by Gasteiger charge is 2.26. The molecule has 0 aromatic carbocycles. The normalized spacial score (nSPS) is 17.7. The Hall–Kier alpha value is -1.69. The van der Waals surface area contributed by atoms with Crippen LogP contribution in [0.15, 0.2) is 16.9 Å². The molecule has 0 saturated heterocycles. The standard InChI is InChI=1S/C14H21N5O/c1-15-11(10-5-3-4-6-10)9-12-17-13(18-20-12)14-16-7-8-19(14)2/h7-8,10-11,15H,3-6,9H2,1-2H3. The molecule has 1 aliphatic rings. The molecule has 1 fully saturated rings. The number of nitrogens with one attached hydrogen (secondary N) is 1. The Kier molecular flexibility index (Phi) is 3.82. The van der Waals surface area contributed by atoms with Crippen molar-refractivity contribution in [1.82, 2.24) is 25.0 Å². The monoisotopic (exact) mass is 275 g/mol. The van der Waals surface area contributed by atoms with Crippen molar-refractivity contribution in [2.24, 2.45) is 13.0 Å². The van der Waals surface area contributed by atoms with Gasteiger partial charge in [-0.25, -0.2) is 4.98 Å². The van der Waals surface area contributed by atoms with Gasteiger partial charge in [-0.05, 0) is 25.8 Å². The third-order valence-electron chi connectivity index (χ3n) is 4.22. The summed E-state index contributed by atoms with van der Waals surface area (Å²) in [5, 5.41) is 7.44.